The molecule has 2 aromatic carbocycles. The quantitative estimate of drug-likeness (QED) is 0.720. The number of nitrogens with one attached hydrogen (secondary N) is 1. The topological polar surface area (TPSA) is 41.6 Å². The lowest BCUT2D eigenvalue weighted by Crippen LogP contribution is -2.32. The molecule has 122 valence electrons. The second kappa shape index (κ2) is 8.83. The van der Waals surface area contributed by atoms with E-state index in [0.717, 1.165) is 43.0 Å². The third kappa shape index (κ3) is 5.66. The maximum Gasteiger partial charge on any atom is 0.321 e. The summed E-state index contributed by atoms with van der Waals surface area (Å²) in [5.74, 6) is 1.53. The summed E-state index contributed by atoms with van der Waals surface area (Å²) in [6, 6.07) is 16.9. The molecule has 4 heteroatoms. The first-order valence-electron chi connectivity index (χ1n) is 8.04. The number of para-hydroxylation sites is 1. The zero-order valence-corrected chi connectivity index (χ0v) is 13.8. The number of benzene rings is 2. The van der Waals surface area contributed by atoms with Crippen LogP contribution in [0.15, 0.2) is 54.6 Å². The molecule has 2 amide bonds. The molecule has 0 aliphatic heterocycles. The fraction of sp³-hybridized carbons (Fsp3) is 0.316. The van der Waals surface area contributed by atoms with Gasteiger partial charge in [-0.15, -0.1) is 0 Å². The normalized spacial score (nSPS) is 10.2. The van der Waals surface area contributed by atoms with Crippen molar-refractivity contribution in [3.63, 3.8) is 0 Å². The molecule has 0 fully saturated rings. The second-order valence-electron chi connectivity index (χ2n) is 5.50. The number of hydrogen-bond acceptors (Lipinski definition) is 2. The van der Waals surface area contributed by atoms with E-state index in [-0.39, 0.29) is 6.03 Å². The first-order chi connectivity index (χ1) is 11.2. The molecule has 0 spiro atoms. The van der Waals surface area contributed by atoms with E-state index in [9.17, 15) is 4.79 Å². The molecular weight excluding hydrogens is 288 g/mol. The average Bonchev–Trinajstić information content (AvgIpc) is 2.57. The van der Waals surface area contributed by atoms with Gasteiger partial charge in [-0.25, -0.2) is 4.79 Å². The van der Waals surface area contributed by atoms with Gasteiger partial charge in [-0.1, -0.05) is 38.0 Å². The van der Waals surface area contributed by atoms with Crippen molar-refractivity contribution in [3.05, 3.63) is 54.6 Å². The molecule has 2 aromatic rings. The maximum atomic E-state index is 12.1. The first kappa shape index (κ1) is 16.9. The van der Waals surface area contributed by atoms with E-state index in [4.69, 9.17) is 4.74 Å². The molecule has 23 heavy (non-hydrogen) atoms. The summed E-state index contributed by atoms with van der Waals surface area (Å²) in [6.07, 6.45) is 3.33. The zero-order valence-electron chi connectivity index (χ0n) is 13.8. The number of hydrogen-bond donors (Lipinski definition) is 1. The predicted octanol–water partition coefficient (Wildman–Crippen LogP) is 5.13. The standard InChI is InChI=1S/C19H24N2O2/c1-3-4-8-15-21(2)19(22)20-16-11-13-18(14-12-16)23-17-9-6-5-7-10-17/h5-7,9-14H,3-4,8,15H2,1-2H3,(H,20,22). The Balaban J connectivity index is 1.86. The number of carbonyl (C=O) groups is 1. The summed E-state index contributed by atoms with van der Waals surface area (Å²) in [7, 11) is 1.82. The molecule has 0 unspecified atom stereocenters. The van der Waals surface area contributed by atoms with Crippen LogP contribution in [0.1, 0.15) is 26.2 Å². The molecule has 4 nitrogen and oxygen atoms in total. The van der Waals surface area contributed by atoms with Crippen molar-refractivity contribution in [2.24, 2.45) is 0 Å². The lowest BCUT2D eigenvalue weighted by atomic mass is 10.2. The van der Waals surface area contributed by atoms with Gasteiger partial charge in [0, 0.05) is 19.3 Å². The van der Waals surface area contributed by atoms with Crippen molar-refractivity contribution in [2.75, 3.05) is 18.9 Å². The van der Waals surface area contributed by atoms with Gasteiger partial charge in [0.15, 0.2) is 0 Å². The SMILES string of the molecule is CCCCCN(C)C(=O)Nc1ccc(Oc2ccccc2)cc1. The van der Waals surface area contributed by atoms with Gasteiger partial charge >= 0.3 is 6.03 Å². The Morgan fingerprint density at radius 1 is 1.00 bits per heavy atom. The third-order valence-corrected chi connectivity index (χ3v) is 3.53. The number of ether oxygens (including phenoxy) is 1. The van der Waals surface area contributed by atoms with E-state index in [1.54, 1.807) is 4.90 Å². The average molecular weight is 312 g/mol. The van der Waals surface area contributed by atoms with Crippen LogP contribution < -0.4 is 10.1 Å². The molecule has 0 saturated carbocycles. The lowest BCUT2D eigenvalue weighted by Gasteiger charge is -2.18. The Morgan fingerprint density at radius 2 is 1.65 bits per heavy atom. The van der Waals surface area contributed by atoms with Gasteiger partial charge in [0.2, 0.25) is 0 Å². The number of nitrogens with zero attached hydrogens (tertiary/aromatic N) is 1. The number of amides is 2. The van der Waals surface area contributed by atoms with Crippen molar-refractivity contribution in [2.45, 2.75) is 26.2 Å². The van der Waals surface area contributed by atoms with Gasteiger partial charge < -0.3 is 15.0 Å². The van der Waals surface area contributed by atoms with E-state index < -0.39 is 0 Å². The predicted molar refractivity (Wildman–Crippen MR) is 94.1 cm³/mol. The second-order valence-corrected chi connectivity index (χ2v) is 5.50. The van der Waals surface area contributed by atoms with Crippen molar-refractivity contribution in [1.82, 2.24) is 4.90 Å². The highest BCUT2D eigenvalue weighted by molar-refractivity contribution is 5.89. The minimum atomic E-state index is -0.0853. The Morgan fingerprint density at radius 3 is 2.30 bits per heavy atom. The zero-order chi connectivity index (χ0) is 16.5. The molecule has 1 N–H and O–H groups in total. The summed E-state index contributed by atoms with van der Waals surface area (Å²) in [5.41, 5.74) is 0.762. The van der Waals surface area contributed by atoms with Gasteiger partial charge in [-0.2, -0.15) is 0 Å². The van der Waals surface area contributed by atoms with Crippen LogP contribution in [0, 0.1) is 0 Å². The van der Waals surface area contributed by atoms with Crippen LogP contribution in [0.5, 0.6) is 11.5 Å². The van der Waals surface area contributed by atoms with Crippen molar-refractivity contribution in [1.29, 1.82) is 0 Å². The van der Waals surface area contributed by atoms with Crippen LogP contribution in [0.2, 0.25) is 0 Å². The molecule has 0 aromatic heterocycles. The van der Waals surface area contributed by atoms with Gasteiger partial charge in [0.05, 0.1) is 0 Å². The van der Waals surface area contributed by atoms with Crippen LogP contribution in [0.25, 0.3) is 0 Å². The van der Waals surface area contributed by atoms with E-state index >= 15 is 0 Å². The Bertz CT molecular complexity index is 597. The monoisotopic (exact) mass is 312 g/mol. The van der Waals surface area contributed by atoms with Gasteiger partial charge in [-0.05, 0) is 42.8 Å². The Kier molecular flexibility index (Phi) is 6.48. The Hall–Kier alpha value is -2.49. The first-order valence-corrected chi connectivity index (χ1v) is 8.04. The van der Waals surface area contributed by atoms with Gasteiger partial charge in [0.1, 0.15) is 11.5 Å². The molecule has 0 heterocycles. The molecule has 2 rings (SSSR count). The summed E-state index contributed by atoms with van der Waals surface area (Å²) in [6.45, 7) is 2.92. The minimum Gasteiger partial charge on any atom is -0.457 e. The van der Waals surface area contributed by atoms with Crippen LogP contribution in [0.3, 0.4) is 0 Å². The summed E-state index contributed by atoms with van der Waals surface area (Å²) in [5, 5.41) is 2.89. The van der Waals surface area contributed by atoms with Crippen LogP contribution >= 0.6 is 0 Å². The van der Waals surface area contributed by atoms with Crippen molar-refractivity contribution in [3.8, 4) is 11.5 Å². The fourth-order valence-electron chi connectivity index (χ4n) is 2.15. The number of urea groups is 1. The highest BCUT2D eigenvalue weighted by Gasteiger charge is 2.08. The van der Waals surface area contributed by atoms with Gasteiger partial charge in [-0.3, -0.25) is 0 Å². The van der Waals surface area contributed by atoms with E-state index in [1.165, 1.54) is 0 Å². The number of unbranched alkanes of at least 4 members (excludes halogenated alkanes) is 2. The fourth-order valence-corrected chi connectivity index (χ4v) is 2.15. The van der Waals surface area contributed by atoms with Crippen LogP contribution in [-0.4, -0.2) is 24.5 Å². The number of anilines is 1. The summed E-state index contributed by atoms with van der Waals surface area (Å²) >= 11 is 0. The van der Waals surface area contributed by atoms with Crippen molar-refractivity contribution >= 4 is 11.7 Å². The molecule has 0 saturated heterocycles. The van der Waals surface area contributed by atoms with Crippen LogP contribution in [-0.2, 0) is 0 Å². The maximum absolute atomic E-state index is 12.1. The highest BCUT2D eigenvalue weighted by Crippen LogP contribution is 2.22. The largest absolute Gasteiger partial charge is 0.457 e. The summed E-state index contributed by atoms with van der Waals surface area (Å²) in [4.78, 5) is 13.8. The Labute approximate surface area is 138 Å². The van der Waals surface area contributed by atoms with E-state index in [1.807, 2.05) is 61.6 Å². The molecule has 0 atom stereocenters. The molecule has 0 aliphatic rings. The number of carbonyl (C=O) groups excluding carboxylic acids is 1. The van der Waals surface area contributed by atoms with Gasteiger partial charge in [0.25, 0.3) is 0 Å². The highest BCUT2D eigenvalue weighted by atomic mass is 16.5. The molecule has 0 aliphatic carbocycles. The van der Waals surface area contributed by atoms with Crippen molar-refractivity contribution < 1.29 is 9.53 Å². The molecular formula is C19H24N2O2. The third-order valence-electron chi connectivity index (χ3n) is 3.53. The molecule has 0 bridgehead atoms. The van der Waals surface area contributed by atoms with E-state index in [0.29, 0.717) is 0 Å². The minimum absolute atomic E-state index is 0.0853. The number of rotatable bonds is 7. The molecule has 0 radical (unpaired) electrons. The summed E-state index contributed by atoms with van der Waals surface area (Å²) < 4.78 is 5.73. The lowest BCUT2D eigenvalue weighted by molar-refractivity contribution is 0.221. The smallest absolute Gasteiger partial charge is 0.321 e. The van der Waals surface area contributed by atoms with Crippen LogP contribution in [0.4, 0.5) is 10.5 Å². The van der Waals surface area contributed by atoms with E-state index in [2.05, 4.69) is 12.2 Å².